The predicted molar refractivity (Wildman–Crippen MR) is 89.1 cm³/mol. The lowest BCUT2D eigenvalue weighted by atomic mass is 9.93. The van der Waals surface area contributed by atoms with Gasteiger partial charge in [0.2, 0.25) is 5.91 Å². The van der Waals surface area contributed by atoms with Crippen molar-refractivity contribution in [2.24, 2.45) is 0 Å². The average Bonchev–Trinajstić information content (AvgIpc) is 3.03. The van der Waals surface area contributed by atoms with E-state index >= 15 is 0 Å². The fraction of sp³-hybridized carbons (Fsp3) is 0.316. The molecule has 0 aliphatic carbocycles. The van der Waals surface area contributed by atoms with E-state index < -0.39 is 11.7 Å². The highest BCUT2D eigenvalue weighted by atomic mass is 19.4. The molecule has 2 aromatic rings. The van der Waals surface area contributed by atoms with E-state index in [4.69, 9.17) is 0 Å². The largest absolute Gasteiger partial charge is 0.416 e. The highest BCUT2D eigenvalue weighted by Crippen LogP contribution is 2.31. The third-order valence-electron chi connectivity index (χ3n) is 4.43. The van der Waals surface area contributed by atoms with Crippen LogP contribution in [-0.2, 0) is 17.4 Å². The second-order valence-corrected chi connectivity index (χ2v) is 6.22. The number of carbonyl (C=O) groups excluding carboxylic acids is 1. The molecule has 1 amide bonds. The third-order valence-corrected chi connectivity index (χ3v) is 4.43. The Morgan fingerprint density at radius 3 is 2.36 bits per heavy atom. The number of hydrogen-bond acceptors (Lipinski definition) is 2. The summed E-state index contributed by atoms with van der Waals surface area (Å²) >= 11 is 0. The minimum atomic E-state index is -4.34. The molecule has 3 nitrogen and oxygen atoms in total. The average molecular weight is 348 g/mol. The number of amides is 1. The summed E-state index contributed by atoms with van der Waals surface area (Å²) in [5.74, 6) is -0.126. The van der Waals surface area contributed by atoms with Crippen LogP contribution in [0.4, 0.5) is 13.2 Å². The molecule has 132 valence electrons. The summed E-state index contributed by atoms with van der Waals surface area (Å²) in [5, 5.41) is 6.20. The Balaban J connectivity index is 1.65. The highest BCUT2D eigenvalue weighted by molar-refractivity contribution is 5.79. The summed E-state index contributed by atoms with van der Waals surface area (Å²) in [6, 6.07) is 14.5. The van der Waals surface area contributed by atoms with E-state index in [0.29, 0.717) is 13.1 Å². The molecular weight excluding hydrogens is 329 g/mol. The second-order valence-electron chi connectivity index (χ2n) is 6.22. The second kappa shape index (κ2) is 7.27. The molecule has 2 N–H and O–H groups in total. The van der Waals surface area contributed by atoms with Crippen LogP contribution in [0.3, 0.4) is 0 Å². The van der Waals surface area contributed by atoms with E-state index in [-0.39, 0.29) is 24.3 Å². The van der Waals surface area contributed by atoms with Gasteiger partial charge in [0, 0.05) is 25.0 Å². The highest BCUT2D eigenvalue weighted by Gasteiger charge is 2.32. The van der Waals surface area contributed by atoms with Gasteiger partial charge in [-0.25, -0.2) is 0 Å². The van der Waals surface area contributed by atoms with Gasteiger partial charge in [0.15, 0.2) is 0 Å². The fourth-order valence-corrected chi connectivity index (χ4v) is 3.14. The Labute approximate surface area is 144 Å². The molecule has 0 spiro atoms. The van der Waals surface area contributed by atoms with Crippen LogP contribution in [0.15, 0.2) is 54.6 Å². The first-order valence-electron chi connectivity index (χ1n) is 8.14. The molecule has 0 aromatic heterocycles. The molecule has 1 aliphatic heterocycles. The summed E-state index contributed by atoms with van der Waals surface area (Å²) in [6.07, 6.45) is -4.05. The van der Waals surface area contributed by atoms with Gasteiger partial charge < -0.3 is 10.6 Å². The van der Waals surface area contributed by atoms with Crippen LogP contribution < -0.4 is 10.6 Å². The fourth-order valence-electron chi connectivity index (χ4n) is 3.14. The van der Waals surface area contributed by atoms with Crippen LogP contribution in [0, 0.1) is 0 Å². The third kappa shape index (κ3) is 4.39. The molecule has 1 heterocycles. The van der Waals surface area contributed by atoms with Gasteiger partial charge in [-0.05, 0) is 23.3 Å². The molecule has 1 fully saturated rings. The van der Waals surface area contributed by atoms with Crippen LogP contribution in [0.5, 0.6) is 0 Å². The van der Waals surface area contributed by atoms with Crippen molar-refractivity contribution >= 4 is 5.91 Å². The Morgan fingerprint density at radius 2 is 1.72 bits per heavy atom. The lowest BCUT2D eigenvalue weighted by molar-refractivity contribution is -0.137. The van der Waals surface area contributed by atoms with Crippen molar-refractivity contribution in [1.29, 1.82) is 0 Å². The van der Waals surface area contributed by atoms with E-state index in [0.717, 1.165) is 23.3 Å². The van der Waals surface area contributed by atoms with Gasteiger partial charge in [-0.15, -0.1) is 0 Å². The zero-order chi connectivity index (χ0) is 17.9. The molecule has 2 aromatic carbocycles. The summed E-state index contributed by atoms with van der Waals surface area (Å²) < 4.78 is 38.0. The van der Waals surface area contributed by atoms with Crippen molar-refractivity contribution in [3.8, 4) is 0 Å². The van der Waals surface area contributed by atoms with Crippen molar-refractivity contribution in [1.82, 2.24) is 10.6 Å². The monoisotopic (exact) mass is 348 g/mol. The number of benzene rings is 2. The normalized spacial score (nSPS) is 20.4. The lowest BCUT2D eigenvalue weighted by Crippen LogP contribution is -2.40. The summed E-state index contributed by atoms with van der Waals surface area (Å²) in [7, 11) is 0. The minimum Gasteiger partial charge on any atom is -0.351 e. The standard InChI is InChI=1S/C19H19F3N2O/c20-19(21,22)15-8-6-14(7-9-15)16-11-23-12-17(16)24-18(25)10-13-4-2-1-3-5-13/h1-9,16-17,23H,10-12H2,(H,24,25)/t16-,17+/m1/s1. The first kappa shape index (κ1) is 17.5. The maximum Gasteiger partial charge on any atom is 0.416 e. The summed E-state index contributed by atoms with van der Waals surface area (Å²) in [6.45, 7) is 1.23. The molecule has 0 radical (unpaired) electrons. The SMILES string of the molecule is O=C(Cc1ccccc1)N[C@H]1CNC[C@@H]1c1ccc(C(F)(F)F)cc1. The number of hydrogen-bond donors (Lipinski definition) is 2. The molecular formula is C19H19F3N2O. The van der Waals surface area contributed by atoms with E-state index in [1.54, 1.807) is 0 Å². The Morgan fingerprint density at radius 1 is 1.04 bits per heavy atom. The topological polar surface area (TPSA) is 41.1 Å². The maximum atomic E-state index is 12.7. The van der Waals surface area contributed by atoms with E-state index in [2.05, 4.69) is 10.6 Å². The van der Waals surface area contributed by atoms with Gasteiger partial charge in [0.25, 0.3) is 0 Å². The van der Waals surface area contributed by atoms with Crippen LogP contribution >= 0.6 is 0 Å². The minimum absolute atomic E-state index is 0.0398. The molecule has 0 bridgehead atoms. The number of carbonyl (C=O) groups is 1. The molecule has 1 saturated heterocycles. The van der Waals surface area contributed by atoms with Crippen LogP contribution in [0.25, 0.3) is 0 Å². The van der Waals surface area contributed by atoms with Crippen LogP contribution in [-0.4, -0.2) is 25.0 Å². The van der Waals surface area contributed by atoms with Gasteiger partial charge in [0.05, 0.1) is 12.0 Å². The lowest BCUT2D eigenvalue weighted by Gasteiger charge is -2.21. The van der Waals surface area contributed by atoms with Gasteiger partial charge in [0.1, 0.15) is 0 Å². The Bertz CT molecular complexity index is 714. The van der Waals surface area contributed by atoms with Gasteiger partial charge in [-0.1, -0.05) is 42.5 Å². The van der Waals surface area contributed by atoms with Crippen LogP contribution in [0.1, 0.15) is 22.6 Å². The Kier molecular flexibility index (Phi) is 5.08. The molecule has 0 saturated carbocycles. The quantitative estimate of drug-likeness (QED) is 0.891. The van der Waals surface area contributed by atoms with Crippen molar-refractivity contribution in [2.75, 3.05) is 13.1 Å². The molecule has 3 rings (SSSR count). The van der Waals surface area contributed by atoms with E-state index in [1.807, 2.05) is 30.3 Å². The summed E-state index contributed by atoms with van der Waals surface area (Å²) in [4.78, 5) is 12.2. The molecule has 1 aliphatic rings. The maximum absolute atomic E-state index is 12.7. The zero-order valence-corrected chi connectivity index (χ0v) is 13.5. The molecule has 0 unspecified atom stereocenters. The first-order valence-corrected chi connectivity index (χ1v) is 8.14. The number of rotatable bonds is 4. The van der Waals surface area contributed by atoms with E-state index in [9.17, 15) is 18.0 Å². The zero-order valence-electron chi connectivity index (χ0n) is 13.5. The van der Waals surface area contributed by atoms with Gasteiger partial charge in [-0.3, -0.25) is 4.79 Å². The number of halogens is 3. The molecule has 25 heavy (non-hydrogen) atoms. The van der Waals surface area contributed by atoms with Crippen molar-refractivity contribution in [3.05, 3.63) is 71.3 Å². The smallest absolute Gasteiger partial charge is 0.351 e. The Hall–Kier alpha value is -2.34. The number of alkyl halides is 3. The number of nitrogens with one attached hydrogen (secondary N) is 2. The van der Waals surface area contributed by atoms with Crippen LogP contribution in [0.2, 0.25) is 0 Å². The van der Waals surface area contributed by atoms with Crippen molar-refractivity contribution in [3.63, 3.8) is 0 Å². The predicted octanol–water partition coefficient (Wildman–Crippen LogP) is 3.12. The van der Waals surface area contributed by atoms with Crippen molar-refractivity contribution < 1.29 is 18.0 Å². The molecule has 2 atom stereocenters. The van der Waals surface area contributed by atoms with Gasteiger partial charge in [-0.2, -0.15) is 13.2 Å². The first-order chi connectivity index (χ1) is 11.9. The van der Waals surface area contributed by atoms with Gasteiger partial charge >= 0.3 is 6.18 Å². The van der Waals surface area contributed by atoms with Crippen molar-refractivity contribution in [2.45, 2.75) is 24.6 Å². The summed E-state index contributed by atoms with van der Waals surface area (Å²) in [5.41, 5.74) is 1.06. The van der Waals surface area contributed by atoms with E-state index in [1.165, 1.54) is 12.1 Å². The molecule has 6 heteroatoms.